The predicted molar refractivity (Wildman–Crippen MR) is 73.4 cm³/mol. The number of halogens is 1. The highest BCUT2D eigenvalue weighted by atomic mass is 79.9. The van der Waals surface area contributed by atoms with Gasteiger partial charge in [-0.1, -0.05) is 28.1 Å². The molecule has 2 atom stereocenters. The SMILES string of the molecule is COC[C@H](O)CNC(=O)[C@H](C)c1ccc(Br)cc1. The molecule has 0 heterocycles. The summed E-state index contributed by atoms with van der Waals surface area (Å²) in [4.78, 5) is 11.9. The Morgan fingerprint density at radius 2 is 2.06 bits per heavy atom. The van der Waals surface area contributed by atoms with E-state index in [4.69, 9.17) is 4.74 Å². The fourth-order valence-electron chi connectivity index (χ4n) is 1.53. The van der Waals surface area contributed by atoms with Gasteiger partial charge in [0, 0.05) is 18.1 Å². The zero-order valence-electron chi connectivity index (χ0n) is 10.5. The van der Waals surface area contributed by atoms with Crippen LogP contribution in [-0.4, -0.2) is 37.4 Å². The summed E-state index contributed by atoms with van der Waals surface area (Å²) in [6, 6.07) is 7.61. The second-order valence-corrected chi connectivity index (χ2v) is 5.04. The van der Waals surface area contributed by atoms with Crippen molar-refractivity contribution in [2.75, 3.05) is 20.3 Å². The van der Waals surface area contributed by atoms with Crippen molar-refractivity contribution in [3.05, 3.63) is 34.3 Å². The van der Waals surface area contributed by atoms with E-state index in [-0.39, 0.29) is 25.0 Å². The van der Waals surface area contributed by atoms with Crippen LogP contribution < -0.4 is 5.32 Å². The summed E-state index contributed by atoms with van der Waals surface area (Å²) >= 11 is 3.35. The molecule has 1 aromatic carbocycles. The summed E-state index contributed by atoms with van der Waals surface area (Å²) in [5.41, 5.74) is 0.942. The summed E-state index contributed by atoms with van der Waals surface area (Å²) in [6.07, 6.45) is -0.670. The maximum atomic E-state index is 11.9. The van der Waals surface area contributed by atoms with Crippen LogP contribution in [0.4, 0.5) is 0 Å². The van der Waals surface area contributed by atoms with Crippen LogP contribution in [0.5, 0.6) is 0 Å². The maximum absolute atomic E-state index is 11.9. The van der Waals surface area contributed by atoms with Crippen LogP contribution in [0.3, 0.4) is 0 Å². The average molecular weight is 316 g/mol. The Labute approximate surface area is 115 Å². The molecule has 2 N–H and O–H groups in total. The summed E-state index contributed by atoms with van der Waals surface area (Å²) in [5.74, 6) is -0.347. The van der Waals surface area contributed by atoms with Gasteiger partial charge in [-0.15, -0.1) is 0 Å². The molecule has 0 saturated carbocycles. The zero-order valence-corrected chi connectivity index (χ0v) is 12.1. The van der Waals surface area contributed by atoms with Crippen molar-refractivity contribution in [1.82, 2.24) is 5.32 Å². The number of hydrogen-bond acceptors (Lipinski definition) is 3. The second kappa shape index (κ2) is 7.51. The number of nitrogens with one attached hydrogen (secondary N) is 1. The first-order valence-corrected chi connectivity index (χ1v) is 6.54. The Balaban J connectivity index is 2.48. The Morgan fingerprint density at radius 1 is 1.44 bits per heavy atom. The summed E-state index contributed by atoms with van der Waals surface area (Å²) < 4.78 is 5.77. The summed E-state index contributed by atoms with van der Waals surface area (Å²) in [6.45, 7) is 2.25. The van der Waals surface area contributed by atoms with Gasteiger partial charge in [0.2, 0.25) is 5.91 Å². The Morgan fingerprint density at radius 3 is 2.61 bits per heavy atom. The molecule has 1 aromatic rings. The predicted octanol–water partition coefficient (Wildman–Crippen LogP) is 1.68. The van der Waals surface area contributed by atoms with Crippen LogP contribution in [0, 0.1) is 0 Å². The standard InChI is InChI=1S/C13H18BrNO3/c1-9(10-3-5-11(14)6-4-10)13(17)15-7-12(16)8-18-2/h3-6,9,12,16H,7-8H2,1-2H3,(H,15,17)/t9-,12-/m1/s1. The average Bonchev–Trinajstić information content (AvgIpc) is 2.36. The van der Waals surface area contributed by atoms with Crippen molar-refractivity contribution in [1.29, 1.82) is 0 Å². The van der Waals surface area contributed by atoms with E-state index in [2.05, 4.69) is 21.2 Å². The highest BCUT2D eigenvalue weighted by molar-refractivity contribution is 9.10. The molecular weight excluding hydrogens is 298 g/mol. The van der Waals surface area contributed by atoms with E-state index >= 15 is 0 Å². The van der Waals surface area contributed by atoms with Crippen molar-refractivity contribution in [3.8, 4) is 0 Å². The molecule has 5 heteroatoms. The lowest BCUT2D eigenvalue weighted by atomic mass is 10.0. The Kier molecular flexibility index (Phi) is 6.32. The third-order valence-corrected chi connectivity index (χ3v) is 3.16. The molecule has 4 nitrogen and oxygen atoms in total. The molecule has 0 aromatic heterocycles. The fraction of sp³-hybridized carbons (Fsp3) is 0.462. The third-order valence-electron chi connectivity index (χ3n) is 2.63. The second-order valence-electron chi connectivity index (χ2n) is 4.13. The monoisotopic (exact) mass is 315 g/mol. The molecule has 18 heavy (non-hydrogen) atoms. The number of aliphatic hydroxyl groups excluding tert-OH is 1. The smallest absolute Gasteiger partial charge is 0.227 e. The number of benzene rings is 1. The van der Waals surface area contributed by atoms with Crippen LogP contribution in [0.2, 0.25) is 0 Å². The minimum Gasteiger partial charge on any atom is -0.389 e. The molecule has 0 fully saturated rings. The molecule has 100 valence electrons. The van der Waals surface area contributed by atoms with Crippen LogP contribution in [-0.2, 0) is 9.53 Å². The van der Waals surface area contributed by atoms with E-state index in [1.165, 1.54) is 7.11 Å². The van der Waals surface area contributed by atoms with Crippen LogP contribution in [0.1, 0.15) is 18.4 Å². The Hall–Kier alpha value is -0.910. The van der Waals surface area contributed by atoms with Crippen molar-refractivity contribution in [3.63, 3.8) is 0 Å². The molecule has 1 amide bonds. The first-order valence-electron chi connectivity index (χ1n) is 5.74. The molecule has 0 spiro atoms. The quantitative estimate of drug-likeness (QED) is 0.839. The molecule has 0 radical (unpaired) electrons. The number of carbonyl (C=O) groups excluding carboxylic acids is 1. The lowest BCUT2D eigenvalue weighted by Crippen LogP contribution is -2.36. The van der Waals surface area contributed by atoms with Crippen molar-refractivity contribution >= 4 is 21.8 Å². The number of hydrogen-bond donors (Lipinski definition) is 2. The number of ether oxygens (including phenoxy) is 1. The van der Waals surface area contributed by atoms with Gasteiger partial charge in [-0.25, -0.2) is 0 Å². The van der Waals surface area contributed by atoms with Crippen LogP contribution in [0.25, 0.3) is 0 Å². The fourth-order valence-corrected chi connectivity index (χ4v) is 1.79. The number of carbonyl (C=O) groups is 1. The van der Waals surface area contributed by atoms with Gasteiger partial charge in [0.1, 0.15) is 0 Å². The molecule has 0 aliphatic rings. The van der Waals surface area contributed by atoms with Gasteiger partial charge >= 0.3 is 0 Å². The molecule has 0 unspecified atom stereocenters. The molecule has 0 saturated heterocycles. The number of rotatable bonds is 6. The largest absolute Gasteiger partial charge is 0.389 e. The molecule has 0 aliphatic heterocycles. The normalized spacial score (nSPS) is 14.0. The van der Waals surface area contributed by atoms with E-state index < -0.39 is 6.10 Å². The number of aliphatic hydroxyl groups is 1. The molecule has 0 bridgehead atoms. The lowest BCUT2D eigenvalue weighted by Gasteiger charge is -2.15. The lowest BCUT2D eigenvalue weighted by molar-refractivity contribution is -0.122. The summed E-state index contributed by atoms with van der Waals surface area (Å²) in [7, 11) is 1.51. The highest BCUT2D eigenvalue weighted by Crippen LogP contribution is 2.18. The number of methoxy groups -OCH3 is 1. The van der Waals surface area contributed by atoms with Crippen molar-refractivity contribution in [2.24, 2.45) is 0 Å². The van der Waals surface area contributed by atoms with Gasteiger partial charge in [-0.3, -0.25) is 4.79 Å². The first-order chi connectivity index (χ1) is 8.54. The molecule has 0 aliphatic carbocycles. The van der Waals surface area contributed by atoms with E-state index in [0.717, 1.165) is 10.0 Å². The third kappa shape index (κ3) is 4.76. The van der Waals surface area contributed by atoms with Gasteiger partial charge in [0.15, 0.2) is 0 Å². The Bertz CT molecular complexity index is 380. The van der Waals surface area contributed by atoms with Gasteiger partial charge in [0.25, 0.3) is 0 Å². The van der Waals surface area contributed by atoms with E-state index in [1.54, 1.807) is 0 Å². The topological polar surface area (TPSA) is 58.6 Å². The minimum absolute atomic E-state index is 0.104. The van der Waals surface area contributed by atoms with E-state index in [1.807, 2.05) is 31.2 Å². The van der Waals surface area contributed by atoms with Gasteiger partial charge in [-0.05, 0) is 24.6 Å². The highest BCUT2D eigenvalue weighted by Gasteiger charge is 2.15. The zero-order chi connectivity index (χ0) is 13.5. The van der Waals surface area contributed by atoms with Gasteiger partial charge in [-0.2, -0.15) is 0 Å². The van der Waals surface area contributed by atoms with Crippen LogP contribution in [0.15, 0.2) is 28.7 Å². The van der Waals surface area contributed by atoms with Crippen LogP contribution >= 0.6 is 15.9 Å². The molecule has 1 rings (SSSR count). The maximum Gasteiger partial charge on any atom is 0.227 e. The van der Waals surface area contributed by atoms with Gasteiger partial charge in [0.05, 0.1) is 18.6 Å². The van der Waals surface area contributed by atoms with Gasteiger partial charge < -0.3 is 15.2 Å². The van der Waals surface area contributed by atoms with Crippen molar-refractivity contribution < 1.29 is 14.6 Å². The molecular formula is C13H18BrNO3. The van der Waals surface area contributed by atoms with Crippen molar-refractivity contribution in [2.45, 2.75) is 18.9 Å². The first kappa shape index (κ1) is 15.1. The number of amides is 1. The van der Waals surface area contributed by atoms with E-state index in [0.29, 0.717) is 0 Å². The minimum atomic E-state index is -0.670. The van der Waals surface area contributed by atoms with E-state index in [9.17, 15) is 9.90 Å². The summed E-state index contributed by atoms with van der Waals surface area (Å²) in [5, 5.41) is 12.1.